The van der Waals surface area contributed by atoms with E-state index in [0.717, 1.165) is 32.8 Å². The Bertz CT molecular complexity index is 334. The number of morpholine rings is 1. The smallest absolute Gasteiger partial charge is 0.165 e. The lowest BCUT2D eigenvalue weighted by Crippen LogP contribution is -2.37. The summed E-state index contributed by atoms with van der Waals surface area (Å²) in [5.41, 5.74) is 0.704. The van der Waals surface area contributed by atoms with Gasteiger partial charge in [-0.05, 0) is 12.1 Å². The number of aromatic nitrogens is 1. The first-order chi connectivity index (χ1) is 7.86. The van der Waals surface area contributed by atoms with E-state index in [1.165, 1.54) is 0 Å². The van der Waals surface area contributed by atoms with Gasteiger partial charge in [-0.25, -0.2) is 0 Å². The van der Waals surface area contributed by atoms with E-state index in [2.05, 4.69) is 9.88 Å². The summed E-state index contributed by atoms with van der Waals surface area (Å²) >= 11 is 0. The zero-order valence-electron chi connectivity index (χ0n) is 9.26. The summed E-state index contributed by atoms with van der Waals surface area (Å²) in [5.74, 6) is 0.166. The van der Waals surface area contributed by atoms with E-state index >= 15 is 0 Å². The van der Waals surface area contributed by atoms with Crippen molar-refractivity contribution in [2.24, 2.45) is 0 Å². The number of nitrogens with zero attached hydrogens (tertiary/aromatic N) is 2. The highest BCUT2D eigenvalue weighted by Gasteiger charge is 2.12. The Morgan fingerprint density at radius 1 is 1.44 bits per heavy atom. The fourth-order valence-electron chi connectivity index (χ4n) is 1.76. The first kappa shape index (κ1) is 11.2. The molecule has 0 spiro atoms. The summed E-state index contributed by atoms with van der Waals surface area (Å²) in [6, 6.07) is 3.61. The van der Waals surface area contributed by atoms with E-state index in [-0.39, 0.29) is 5.78 Å². The second-order valence-corrected chi connectivity index (χ2v) is 3.87. The molecule has 1 saturated heterocycles. The van der Waals surface area contributed by atoms with Crippen LogP contribution in [0.25, 0.3) is 0 Å². The minimum atomic E-state index is 0.166. The van der Waals surface area contributed by atoms with Gasteiger partial charge < -0.3 is 4.74 Å². The SMILES string of the molecule is O=C(CCN1CCOCC1)c1cccnc1. The van der Waals surface area contributed by atoms with Crippen LogP contribution in [-0.4, -0.2) is 48.5 Å². The van der Waals surface area contributed by atoms with Crippen LogP contribution in [0.3, 0.4) is 0 Å². The van der Waals surface area contributed by atoms with Crippen molar-refractivity contribution < 1.29 is 9.53 Å². The van der Waals surface area contributed by atoms with E-state index < -0.39 is 0 Å². The molecule has 0 radical (unpaired) electrons. The molecule has 16 heavy (non-hydrogen) atoms. The van der Waals surface area contributed by atoms with Crippen molar-refractivity contribution in [3.8, 4) is 0 Å². The Balaban J connectivity index is 1.79. The molecule has 1 fully saturated rings. The molecule has 4 heteroatoms. The number of ether oxygens (including phenoxy) is 1. The van der Waals surface area contributed by atoms with E-state index in [4.69, 9.17) is 4.74 Å². The topological polar surface area (TPSA) is 42.4 Å². The minimum Gasteiger partial charge on any atom is -0.379 e. The van der Waals surface area contributed by atoms with Crippen LogP contribution < -0.4 is 0 Å². The van der Waals surface area contributed by atoms with E-state index in [0.29, 0.717) is 12.0 Å². The highest BCUT2D eigenvalue weighted by molar-refractivity contribution is 5.95. The van der Waals surface area contributed by atoms with Gasteiger partial charge in [0.15, 0.2) is 5.78 Å². The maximum absolute atomic E-state index is 11.8. The minimum absolute atomic E-state index is 0.166. The third-order valence-corrected chi connectivity index (χ3v) is 2.74. The van der Waals surface area contributed by atoms with Crippen molar-refractivity contribution in [3.05, 3.63) is 30.1 Å². The number of ketones is 1. The maximum Gasteiger partial charge on any atom is 0.165 e. The van der Waals surface area contributed by atoms with Crippen LogP contribution in [0.1, 0.15) is 16.8 Å². The largest absolute Gasteiger partial charge is 0.379 e. The van der Waals surface area contributed by atoms with Gasteiger partial charge in [-0.1, -0.05) is 0 Å². The zero-order valence-corrected chi connectivity index (χ0v) is 9.26. The van der Waals surface area contributed by atoms with Crippen molar-refractivity contribution in [2.75, 3.05) is 32.8 Å². The van der Waals surface area contributed by atoms with Crippen molar-refractivity contribution in [1.29, 1.82) is 0 Å². The monoisotopic (exact) mass is 220 g/mol. The summed E-state index contributed by atoms with van der Waals surface area (Å²) in [6.07, 6.45) is 3.87. The lowest BCUT2D eigenvalue weighted by molar-refractivity contribution is 0.0370. The van der Waals surface area contributed by atoms with Gasteiger partial charge in [-0.15, -0.1) is 0 Å². The van der Waals surface area contributed by atoms with Gasteiger partial charge in [0.2, 0.25) is 0 Å². The highest BCUT2D eigenvalue weighted by atomic mass is 16.5. The Labute approximate surface area is 95.2 Å². The number of carbonyl (C=O) groups is 1. The molecule has 0 aromatic carbocycles. The van der Waals surface area contributed by atoms with E-state index in [9.17, 15) is 4.79 Å². The molecule has 0 bridgehead atoms. The predicted molar refractivity (Wildman–Crippen MR) is 60.4 cm³/mol. The summed E-state index contributed by atoms with van der Waals surface area (Å²) in [5, 5.41) is 0. The van der Waals surface area contributed by atoms with Gasteiger partial charge in [-0.2, -0.15) is 0 Å². The van der Waals surface area contributed by atoms with Crippen molar-refractivity contribution in [1.82, 2.24) is 9.88 Å². The third kappa shape index (κ3) is 3.12. The Kier molecular flexibility index (Phi) is 4.02. The van der Waals surface area contributed by atoms with Crippen LogP contribution in [-0.2, 0) is 4.74 Å². The third-order valence-electron chi connectivity index (χ3n) is 2.74. The maximum atomic E-state index is 11.8. The molecule has 0 aliphatic carbocycles. The average molecular weight is 220 g/mol. The fourth-order valence-corrected chi connectivity index (χ4v) is 1.76. The Hall–Kier alpha value is -1.26. The number of pyridine rings is 1. The molecular formula is C12H16N2O2. The molecule has 4 nitrogen and oxygen atoms in total. The molecule has 0 atom stereocenters. The molecule has 1 aromatic heterocycles. The predicted octanol–water partition coefficient (Wildman–Crippen LogP) is 0.987. The fraction of sp³-hybridized carbons (Fsp3) is 0.500. The molecule has 1 aliphatic rings. The van der Waals surface area contributed by atoms with Crippen LogP contribution in [0.15, 0.2) is 24.5 Å². The second-order valence-electron chi connectivity index (χ2n) is 3.87. The molecule has 2 heterocycles. The number of hydrogen-bond donors (Lipinski definition) is 0. The standard InChI is InChI=1S/C12H16N2O2/c15-12(11-2-1-4-13-10-11)3-5-14-6-8-16-9-7-14/h1-2,4,10H,3,5-9H2. The molecule has 0 N–H and O–H groups in total. The van der Waals surface area contributed by atoms with Crippen molar-refractivity contribution >= 4 is 5.78 Å². The molecule has 2 rings (SSSR count). The van der Waals surface area contributed by atoms with Crippen LogP contribution in [0, 0.1) is 0 Å². The van der Waals surface area contributed by atoms with Crippen LogP contribution >= 0.6 is 0 Å². The Morgan fingerprint density at radius 2 is 2.25 bits per heavy atom. The molecule has 86 valence electrons. The van der Waals surface area contributed by atoms with Gasteiger partial charge >= 0.3 is 0 Å². The first-order valence-corrected chi connectivity index (χ1v) is 5.59. The quantitative estimate of drug-likeness (QED) is 0.710. The normalized spacial score (nSPS) is 17.2. The van der Waals surface area contributed by atoms with Crippen LogP contribution in [0.5, 0.6) is 0 Å². The number of carbonyl (C=O) groups excluding carboxylic acids is 1. The molecule has 0 amide bonds. The zero-order chi connectivity index (χ0) is 11.2. The van der Waals surface area contributed by atoms with E-state index in [1.807, 2.05) is 6.07 Å². The summed E-state index contributed by atoms with van der Waals surface area (Å²) in [4.78, 5) is 18.0. The molecular weight excluding hydrogens is 204 g/mol. The Morgan fingerprint density at radius 3 is 2.94 bits per heavy atom. The lowest BCUT2D eigenvalue weighted by atomic mass is 10.1. The van der Waals surface area contributed by atoms with Gasteiger partial charge in [0.05, 0.1) is 13.2 Å². The number of hydrogen-bond acceptors (Lipinski definition) is 4. The second kappa shape index (κ2) is 5.72. The first-order valence-electron chi connectivity index (χ1n) is 5.59. The molecule has 0 saturated carbocycles. The molecule has 1 aromatic rings. The van der Waals surface area contributed by atoms with Gasteiger partial charge in [0, 0.05) is 44.0 Å². The summed E-state index contributed by atoms with van der Waals surface area (Å²) in [7, 11) is 0. The summed E-state index contributed by atoms with van der Waals surface area (Å²) in [6.45, 7) is 4.24. The average Bonchev–Trinajstić information content (AvgIpc) is 2.38. The lowest BCUT2D eigenvalue weighted by Gasteiger charge is -2.26. The van der Waals surface area contributed by atoms with Crippen LogP contribution in [0.4, 0.5) is 0 Å². The number of rotatable bonds is 4. The van der Waals surface area contributed by atoms with Gasteiger partial charge in [0.25, 0.3) is 0 Å². The van der Waals surface area contributed by atoms with Crippen LogP contribution in [0.2, 0.25) is 0 Å². The highest BCUT2D eigenvalue weighted by Crippen LogP contribution is 2.04. The van der Waals surface area contributed by atoms with Gasteiger partial charge in [-0.3, -0.25) is 14.7 Å². The van der Waals surface area contributed by atoms with E-state index in [1.54, 1.807) is 18.5 Å². The van der Waals surface area contributed by atoms with Crippen molar-refractivity contribution in [3.63, 3.8) is 0 Å². The molecule has 0 unspecified atom stereocenters. The van der Waals surface area contributed by atoms with Crippen molar-refractivity contribution in [2.45, 2.75) is 6.42 Å². The van der Waals surface area contributed by atoms with Gasteiger partial charge in [0.1, 0.15) is 0 Å². The summed E-state index contributed by atoms with van der Waals surface area (Å²) < 4.78 is 5.25. The number of Topliss-reactive ketones (excluding diaryl/α,β-unsaturated/α-hetero) is 1. The molecule has 1 aliphatic heterocycles.